The van der Waals surface area contributed by atoms with Gasteiger partial charge in [0, 0.05) is 5.56 Å². The second-order valence-corrected chi connectivity index (χ2v) is 3.45. The average molecular weight is 205 g/mol. The molecule has 0 spiro atoms. The zero-order valence-electron chi connectivity index (χ0n) is 8.05. The minimum absolute atomic E-state index is 0.00650. The summed E-state index contributed by atoms with van der Waals surface area (Å²) >= 11 is 0. The van der Waals surface area contributed by atoms with E-state index in [-0.39, 0.29) is 6.42 Å². The van der Waals surface area contributed by atoms with Gasteiger partial charge in [-0.3, -0.25) is 15.1 Å². The van der Waals surface area contributed by atoms with Crippen LogP contribution in [0.2, 0.25) is 0 Å². The lowest BCUT2D eigenvalue weighted by atomic mass is 10.0. The molecule has 0 amide bonds. The van der Waals surface area contributed by atoms with Gasteiger partial charge in [-0.2, -0.15) is 0 Å². The SMILES string of the molecule is O=C(O)Cc1ccc2c(c1)C=CCN2O. The molecular weight excluding hydrogens is 194 g/mol. The van der Waals surface area contributed by atoms with E-state index in [1.54, 1.807) is 18.2 Å². The number of anilines is 1. The van der Waals surface area contributed by atoms with Gasteiger partial charge in [-0.05, 0) is 17.7 Å². The molecule has 1 heterocycles. The van der Waals surface area contributed by atoms with Gasteiger partial charge in [-0.1, -0.05) is 18.2 Å². The van der Waals surface area contributed by atoms with Crippen molar-refractivity contribution in [1.82, 2.24) is 0 Å². The molecule has 0 saturated carbocycles. The Labute approximate surface area is 87.0 Å². The largest absolute Gasteiger partial charge is 0.481 e. The molecule has 0 aliphatic carbocycles. The number of benzene rings is 1. The third kappa shape index (κ3) is 1.99. The first-order chi connectivity index (χ1) is 7.16. The van der Waals surface area contributed by atoms with Crippen molar-refractivity contribution >= 4 is 17.7 Å². The van der Waals surface area contributed by atoms with Crippen LogP contribution in [0.3, 0.4) is 0 Å². The molecule has 15 heavy (non-hydrogen) atoms. The Morgan fingerprint density at radius 2 is 2.27 bits per heavy atom. The highest BCUT2D eigenvalue weighted by Gasteiger charge is 2.11. The Kier molecular flexibility index (Phi) is 2.43. The molecule has 0 fully saturated rings. The molecule has 4 heteroatoms. The normalized spacial score (nSPS) is 13.8. The molecule has 0 saturated heterocycles. The maximum absolute atomic E-state index is 10.5. The number of hydroxylamine groups is 1. The van der Waals surface area contributed by atoms with Crippen molar-refractivity contribution in [2.75, 3.05) is 11.6 Å². The highest BCUT2D eigenvalue weighted by molar-refractivity contribution is 5.74. The van der Waals surface area contributed by atoms with Crippen LogP contribution in [0.15, 0.2) is 24.3 Å². The van der Waals surface area contributed by atoms with E-state index in [2.05, 4.69) is 0 Å². The third-order valence-corrected chi connectivity index (χ3v) is 2.30. The lowest BCUT2D eigenvalue weighted by Gasteiger charge is -2.21. The van der Waals surface area contributed by atoms with Gasteiger partial charge in [0.15, 0.2) is 0 Å². The molecule has 0 aromatic heterocycles. The highest BCUT2D eigenvalue weighted by Crippen LogP contribution is 2.25. The van der Waals surface area contributed by atoms with Crippen LogP contribution in [0.25, 0.3) is 6.08 Å². The van der Waals surface area contributed by atoms with Gasteiger partial charge in [0.2, 0.25) is 0 Å². The Balaban J connectivity index is 2.34. The molecular formula is C11H11NO3. The predicted molar refractivity (Wildman–Crippen MR) is 55.9 cm³/mol. The summed E-state index contributed by atoms with van der Waals surface area (Å²) in [7, 11) is 0. The van der Waals surface area contributed by atoms with Crippen molar-refractivity contribution in [2.24, 2.45) is 0 Å². The number of nitrogens with zero attached hydrogens (tertiary/aromatic N) is 1. The van der Waals surface area contributed by atoms with Crippen molar-refractivity contribution in [2.45, 2.75) is 6.42 Å². The van der Waals surface area contributed by atoms with E-state index in [0.29, 0.717) is 12.2 Å². The van der Waals surface area contributed by atoms with Crippen LogP contribution >= 0.6 is 0 Å². The van der Waals surface area contributed by atoms with Gasteiger partial charge in [0.25, 0.3) is 0 Å². The summed E-state index contributed by atoms with van der Waals surface area (Å²) in [6.45, 7) is 0.464. The minimum Gasteiger partial charge on any atom is -0.481 e. The van der Waals surface area contributed by atoms with Crippen LogP contribution in [0.5, 0.6) is 0 Å². The lowest BCUT2D eigenvalue weighted by molar-refractivity contribution is -0.136. The fraction of sp³-hybridized carbons (Fsp3) is 0.182. The fourth-order valence-corrected chi connectivity index (χ4v) is 1.63. The third-order valence-electron chi connectivity index (χ3n) is 2.30. The van der Waals surface area contributed by atoms with Crippen molar-refractivity contribution in [1.29, 1.82) is 0 Å². The van der Waals surface area contributed by atoms with Gasteiger partial charge in [0.1, 0.15) is 0 Å². The van der Waals surface area contributed by atoms with Gasteiger partial charge in [-0.15, -0.1) is 0 Å². The van der Waals surface area contributed by atoms with Crippen molar-refractivity contribution in [3.05, 3.63) is 35.4 Å². The monoisotopic (exact) mass is 205 g/mol. The van der Waals surface area contributed by atoms with Gasteiger partial charge < -0.3 is 5.11 Å². The molecule has 2 N–H and O–H groups in total. The molecule has 1 aliphatic rings. The summed E-state index contributed by atoms with van der Waals surface area (Å²) in [5.41, 5.74) is 2.30. The maximum Gasteiger partial charge on any atom is 0.307 e. The van der Waals surface area contributed by atoms with Crippen molar-refractivity contribution in [3.63, 3.8) is 0 Å². The zero-order valence-corrected chi connectivity index (χ0v) is 8.05. The number of hydrogen-bond donors (Lipinski definition) is 2. The van der Waals surface area contributed by atoms with Crippen LogP contribution in [0, 0.1) is 0 Å². The molecule has 0 unspecified atom stereocenters. The smallest absolute Gasteiger partial charge is 0.307 e. The molecule has 78 valence electrons. The van der Waals surface area contributed by atoms with E-state index in [0.717, 1.165) is 16.2 Å². The number of rotatable bonds is 2. The van der Waals surface area contributed by atoms with Crippen LogP contribution in [-0.2, 0) is 11.2 Å². The summed E-state index contributed by atoms with van der Waals surface area (Å²) in [5, 5.41) is 19.3. The number of carboxylic acids is 1. The van der Waals surface area contributed by atoms with E-state index >= 15 is 0 Å². The number of carbonyl (C=O) groups is 1. The summed E-state index contributed by atoms with van der Waals surface area (Å²) in [5.74, 6) is -0.851. The predicted octanol–water partition coefficient (Wildman–Crippen LogP) is 1.54. The van der Waals surface area contributed by atoms with Crippen LogP contribution < -0.4 is 5.06 Å². The van der Waals surface area contributed by atoms with E-state index in [1.165, 1.54) is 0 Å². The minimum atomic E-state index is -0.851. The average Bonchev–Trinajstić information content (AvgIpc) is 2.17. The molecule has 1 aromatic carbocycles. The van der Waals surface area contributed by atoms with E-state index in [9.17, 15) is 10.0 Å². The number of fused-ring (bicyclic) bond motifs is 1. The quantitative estimate of drug-likeness (QED) is 0.768. The molecule has 0 radical (unpaired) electrons. The first-order valence-electron chi connectivity index (χ1n) is 4.64. The van der Waals surface area contributed by atoms with Crippen molar-refractivity contribution in [3.8, 4) is 0 Å². The highest BCUT2D eigenvalue weighted by atomic mass is 16.5. The first-order valence-corrected chi connectivity index (χ1v) is 4.64. The second kappa shape index (κ2) is 3.74. The summed E-state index contributed by atoms with van der Waals surface area (Å²) in [6, 6.07) is 5.23. The van der Waals surface area contributed by atoms with E-state index < -0.39 is 5.97 Å². The van der Waals surface area contributed by atoms with E-state index in [4.69, 9.17) is 5.11 Å². The zero-order chi connectivity index (χ0) is 10.8. The Bertz CT molecular complexity index is 426. The lowest BCUT2D eigenvalue weighted by Crippen LogP contribution is -2.21. The second-order valence-electron chi connectivity index (χ2n) is 3.45. The van der Waals surface area contributed by atoms with E-state index in [1.807, 2.05) is 12.2 Å². The molecule has 1 aromatic rings. The van der Waals surface area contributed by atoms with Crippen molar-refractivity contribution < 1.29 is 15.1 Å². The molecule has 0 atom stereocenters. The first kappa shape index (κ1) is 9.73. The Morgan fingerprint density at radius 1 is 1.47 bits per heavy atom. The molecule has 2 rings (SSSR count). The topological polar surface area (TPSA) is 60.8 Å². The number of aliphatic carboxylic acids is 1. The van der Waals surface area contributed by atoms with Gasteiger partial charge in [0.05, 0.1) is 18.7 Å². The standard InChI is InChI=1S/C11H11NO3/c13-11(14)7-8-3-4-10-9(6-8)2-1-5-12(10)15/h1-4,6,15H,5,7H2,(H,13,14). The fourth-order valence-electron chi connectivity index (χ4n) is 1.63. The summed E-state index contributed by atoms with van der Waals surface area (Å²) < 4.78 is 0. The Morgan fingerprint density at radius 3 is 3.00 bits per heavy atom. The van der Waals surface area contributed by atoms with Gasteiger partial charge in [-0.25, -0.2) is 0 Å². The van der Waals surface area contributed by atoms with Crippen LogP contribution in [0.1, 0.15) is 11.1 Å². The van der Waals surface area contributed by atoms with Crippen LogP contribution in [-0.4, -0.2) is 22.8 Å². The number of hydrogen-bond acceptors (Lipinski definition) is 3. The molecule has 4 nitrogen and oxygen atoms in total. The van der Waals surface area contributed by atoms with Crippen LogP contribution in [0.4, 0.5) is 5.69 Å². The Hall–Kier alpha value is -1.81. The maximum atomic E-state index is 10.5. The molecule has 0 bridgehead atoms. The summed E-state index contributed by atoms with van der Waals surface area (Å²) in [6.07, 6.45) is 3.72. The van der Waals surface area contributed by atoms with Gasteiger partial charge >= 0.3 is 5.97 Å². The summed E-state index contributed by atoms with van der Waals surface area (Å²) in [4.78, 5) is 10.5. The number of carboxylic acid groups (broad SMARTS) is 1. The molecule has 1 aliphatic heterocycles.